The predicted octanol–water partition coefficient (Wildman–Crippen LogP) is 1.86. The Morgan fingerprint density at radius 2 is 2.05 bits per heavy atom. The molecular weight excluding hydrogens is 256 g/mol. The Bertz CT molecular complexity index is 704. The van der Waals surface area contributed by atoms with Crippen LogP contribution in [0.15, 0.2) is 24.7 Å². The number of amides is 3. The lowest BCUT2D eigenvalue weighted by molar-refractivity contribution is -0.123. The van der Waals surface area contributed by atoms with Gasteiger partial charge >= 0.3 is 6.03 Å². The Labute approximate surface area is 116 Å². The quantitative estimate of drug-likeness (QED) is 0.784. The smallest absolute Gasteiger partial charge is 0.305 e. The van der Waals surface area contributed by atoms with Crippen LogP contribution < -0.4 is 4.90 Å². The van der Waals surface area contributed by atoms with E-state index in [9.17, 15) is 9.59 Å². The van der Waals surface area contributed by atoms with Crippen LogP contribution in [0.3, 0.4) is 0 Å². The monoisotopic (exact) mass is 272 g/mol. The normalized spacial score (nSPS) is 16.0. The molecule has 0 unspecified atom stereocenters. The number of hydrogen-bond acceptors (Lipinski definition) is 3. The summed E-state index contributed by atoms with van der Waals surface area (Å²) in [6.07, 6.45) is 5.54. The Kier molecular flexibility index (Phi) is 2.74. The highest BCUT2D eigenvalue weighted by Gasteiger charge is 2.35. The second-order valence-corrected chi connectivity index (χ2v) is 5.29. The lowest BCUT2D eigenvalue weighted by Gasteiger charge is -2.18. The van der Waals surface area contributed by atoms with Crippen molar-refractivity contribution < 1.29 is 9.59 Å². The molecule has 2 aromatic heterocycles. The van der Waals surface area contributed by atoms with E-state index in [1.807, 2.05) is 22.9 Å². The highest BCUT2D eigenvalue weighted by molar-refractivity contribution is 6.13. The number of carbonyl (C=O) groups excluding carboxylic acids is 2. The molecule has 6 heteroatoms. The summed E-state index contributed by atoms with van der Waals surface area (Å²) in [5.74, 6) is 0.126. The summed E-state index contributed by atoms with van der Waals surface area (Å²) in [7, 11) is 1.50. The summed E-state index contributed by atoms with van der Waals surface area (Å²) in [5, 5.41) is 0. The molecule has 1 saturated heterocycles. The van der Waals surface area contributed by atoms with E-state index in [2.05, 4.69) is 18.8 Å². The number of rotatable bonds is 2. The van der Waals surface area contributed by atoms with E-state index in [0.717, 1.165) is 10.5 Å². The third kappa shape index (κ3) is 1.76. The third-order valence-corrected chi connectivity index (χ3v) is 3.63. The third-order valence-electron chi connectivity index (χ3n) is 3.63. The summed E-state index contributed by atoms with van der Waals surface area (Å²) in [6.45, 7) is 4.25. The van der Waals surface area contributed by atoms with Gasteiger partial charge in [0.25, 0.3) is 0 Å². The molecule has 104 valence electrons. The van der Waals surface area contributed by atoms with Crippen molar-refractivity contribution in [2.45, 2.75) is 19.8 Å². The molecule has 20 heavy (non-hydrogen) atoms. The number of urea groups is 1. The van der Waals surface area contributed by atoms with Crippen LogP contribution in [0.1, 0.15) is 25.3 Å². The largest absolute Gasteiger partial charge is 0.331 e. The number of pyridine rings is 1. The van der Waals surface area contributed by atoms with Crippen LogP contribution in [0.4, 0.5) is 10.5 Å². The SMILES string of the molecule is CC(C)c1cc(N2CC(=O)N(C)C2=O)c2nccn2c1. The molecule has 0 radical (unpaired) electrons. The summed E-state index contributed by atoms with van der Waals surface area (Å²) in [5.41, 5.74) is 2.47. The van der Waals surface area contributed by atoms with Gasteiger partial charge < -0.3 is 4.40 Å². The van der Waals surface area contributed by atoms with Gasteiger partial charge in [-0.05, 0) is 17.5 Å². The molecule has 1 aliphatic rings. The lowest BCUT2D eigenvalue weighted by Crippen LogP contribution is -2.30. The van der Waals surface area contributed by atoms with Crippen LogP contribution in [0.25, 0.3) is 5.65 Å². The molecule has 0 spiro atoms. The minimum absolute atomic E-state index is 0.0689. The van der Waals surface area contributed by atoms with Gasteiger partial charge in [0.1, 0.15) is 6.54 Å². The van der Waals surface area contributed by atoms with Crippen molar-refractivity contribution in [3.8, 4) is 0 Å². The molecule has 6 nitrogen and oxygen atoms in total. The highest BCUT2D eigenvalue weighted by atomic mass is 16.2. The number of imidazole rings is 1. The fourth-order valence-corrected chi connectivity index (χ4v) is 2.34. The summed E-state index contributed by atoms with van der Waals surface area (Å²) < 4.78 is 1.89. The van der Waals surface area contributed by atoms with Crippen LogP contribution in [0.2, 0.25) is 0 Å². The average molecular weight is 272 g/mol. The zero-order chi connectivity index (χ0) is 14.4. The topological polar surface area (TPSA) is 57.9 Å². The number of fused-ring (bicyclic) bond motifs is 1. The number of nitrogens with zero attached hydrogens (tertiary/aromatic N) is 4. The molecule has 0 aromatic carbocycles. The average Bonchev–Trinajstić information content (AvgIpc) is 2.98. The maximum atomic E-state index is 12.2. The van der Waals surface area contributed by atoms with Gasteiger partial charge in [0.2, 0.25) is 5.91 Å². The number of aromatic nitrogens is 2. The van der Waals surface area contributed by atoms with Crippen LogP contribution in [-0.2, 0) is 4.79 Å². The summed E-state index contributed by atoms with van der Waals surface area (Å²) >= 11 is 0. The van der Waals surface area contributed by atoms with Crippen molar-refractivity contribution in [1.82, 2.24) is 14.3 Å². The van der Waals surface area contributed by atoms with Gasteiger partial charge in [0.15, 0.2) is 5.65 Å². The van der Waals surface area contributed by atoms with Gasteiger partial charge in [0, 0.05) is 25.6 Å². The lowest BCUT2D eigenvalue weighted by atomic mass is 10.1. The van der Waals surface area contributed by atoms with Crippen molar-refractivity contribution in [3.05, 3.63) is 30.2 Å². The van der Waals surface area contributed by atoms with E-state index >= 15 is 0 Å². The number of carbonyl (C=O) groups is 2. The first kappa shape index (κ1) is 12.7. The van der Waals surface area contributed by atoms with Gasteiger partial charge in [-0.3, -0.25) is 14.6 Å². The number of imide groups is 1. The number of likely N-dealkylation sites (N-methyl/N-ethyl adjacent to an activating group) is 1. The van der Waals surface area contributed by atoms with E-state index in [1.165, 1.54) is 11.9 Å². The molecule has 0 bridgehead atoms. The van der Waals surface area contributed by atoms with Crippen molar-refractivity contribution in [2.75, 3.05) is 18.5 Å². The Morgan fingerprint density at radius 1 is 1.30 bits per heavy atom. The van der Waals surface area contributed by atoms with Gasteiger partial charge in [-0.15, -0.1) is 0 Å². The molecule has 1 fully saturated rings. The fraction of sp³-hybridized carbons (Fsp3) is 0.357. The van der Waals surface area contributed by atoms with E-state index in [1.54, 1.807) is 6.20 Å². The first-order valence-electron chi connectivity index (χ1n) is 6.53. The van der Waals surface area contributed by atoms with E-state index in [0.29, 0.717) is 17.3 Å². The van der Waals surface area contributed by atoms with Crippen LogP contribution in [0, 0.1) is 0 Å². The molecule has 0 aliphatic carbocycles. The molecule has 0 atom stereocenters. The molecule has 3 amide bonds. The highest BCUT2D eigenvalue weighted by Crippen LogP contribution is 2.28. The minimum Gasteiger partial charge on any atom is -0.305 e. The minimum atomic E-state index is -0.305. The van der Waals surface area contributed by atoms with Gasteiger partial charge in [-0.25, -0.2) is 9.78 Å². The molecule has 3 rings (SSSR count). The molecule has 2 aromatic rings. The first-order chi connectivity index (χ1) is 9.49. The van der Waals surface area contributed by atoms with Crippen LogP contribution in [-0.4, -0.2) is 39.8 Å². The second-order valence-electron chi connectivity index (χ2n) is 5.29. The molecule has 0 saturated carbocycles. The summed E-state index contributed by atoms with van der Waals surface area (Å²) in [4.78, 5) is 30.8. The maximum Gasteiger partial charge on any atom is 0.331 e. The standard InChI is InChI=1S/C14H16N4O2/c1-9(2)10-6-11(13-15-4-5-17(13)7-10)18-8-12(19)16(3)14(18)20/h4-7,9H,8H2,1-3H3. The van der Waals surface area contributed by atoms with Crippen LogP contribution in [0.5, 0.6) is 0 Å². The summed E-state index contributed by atoms with van der Waals surface area (Å²) in [6, 6.07) is 1.64. The van der Waals surface area contributed by atoms with Crippen molar-refractivity contribution in [1.29, 1.82) is 0 Å². The first-order valence-corrected chi connectivity index (χ1v) is 6.53. The molecule has 3 heterocycles. The molecule has 0 N–H and O–H groups in total. The van der Waals surface area contributed by atoms with E-state index in [-0.39, 0.29) is 18.5 Å². The molecule has 1 aliphatic heterocycles. The number of hydrogen-bond donors (Lipinski definition) is 0. The molecular formula is C14H16N4O2. The zero-order valence-electron chi connectivity index (χ0n) is 11.7. The van der Waals surface area contributed by atoms with Crippen molar-refractivity contribution in [3.63, 3.8) is 0 Å². The van der Waals surface area contributed by atoms with Gasteiger partial charge in [0.05, 0.1) is 5.69 Å². The van der Waals surface area contributed by atoms with E-state index in [4.69, 9.17) is 0 Å². The maximum absolute atomic E-state index is 12.2. The second kappa shape index (κ2) is 4.33. The Balaban J connectivity index is 2.17. The zero-order valence-corrected chi connectivity index (χ0v) is 11.7. The Hall–Kier alpha value is -2.37. The number of anilines is 1. The van der Waals surface area contributed by atoms with Gasteiger partial charge in [-0.2, -0.15) is 0 Å². The van der Waals surface area contributed by atoms with Gasteiger partial charge in [-0.1, -0.05) is 13.8 Å². The van der Waals surface area contributed by atoms with Crippen molar-refractivity contribution >= 4 is 23.3 Å². The van der Waals surface area contributed by atoms with Crippen molar-refractivity contribution in [2.24, 2.45) is 0 Å². The Morgan fingerprint density at radius 3 is 2.65 bits per heavy atom. The predicted molar refractivity (Wildman–Crippen MR) is 74.8 cm³/mol. The van der Waals surface area contributed by atoms with Crippen LogP contribution >= 0.6 is 0 Å². The fourth-order valence-electron chi connectivity index (χ4n) is 2.34. The van der Waals surface area contributed by atoms with E-state index < -0.39 is 0 Å².